The van der Waals surface area contributed by atoms with Crippen LogP contribution >= 0.6 is 38.5 Å². The van der Waals surface area contributed by atoms with Crippen molar-refractivity contribution in [2.24, 2.45) is 0 Å². The number of nitrogens with one attached hydrogen (secondary N) is 2. The third-order valence-corrected chi connectivity index (χ3v) is 5.06. The van der Waals surface area contributed by atoms with Gasteiger partial charge in [0.05, 0.1) is 6.54 Å². The highest BCUT2D eigenvalue weighted by molar-refractivity contribution is 14.1. The molecule has 3 nitrogen and oxygen atoms in total. The topological polar surface area (TPSA) is 41.1 Å². The van der Waals surface area contributed by atoms with Crippen LogP contribution in [0.3, 0.4) is 0 Å². The van der Waals surface area contributed by atoms with Gasteiger partial charge in [-0.25, -0.2) is 0 Å². The number of carbonyl (C=O) groups excluding carboxylic acids is 1. The lowest BCUT2D eigenvalue weighted by Crippen LogP contribution is -2.37. The minimum atomic E-state index is 0.0402. The van der Waals surface area contributed by atoms with Crippen molar-refractivity contribution in [3.8, 4) is 0 Å². The Bertz CT molecular complexity index is 408. The van der Waals surface area contributed by atoms with Crippen LogP contribution in [-0.4, -0.2) is 18.5 Å². The first-order chi connectivity index (χ1) is 8.56. The van der Waals surface area contributed by atoms with E-state index in [1.54, 1.807) is 0 Å². The van der Waals surface area contributed by atoms with E-state index in [0.717, 1.165) is 26.6 Å². The number of hydrogen-bond donors (Lipinski definition) is 2. The molecule has 1 aromatic carbocycles. The van der Waals surface area contributed by atoms with Crippen molar-refractivity contribution in [3.05, 3.63) is 26.2 Å². The molecule has 0 aliphatic heterocycles. The quantitative estimate of drug-likeness (QED) is 0.682. The molecule has 0 fully saturated rings. The van der Waals surface area contributed by atoms with Crippen LogP contribution in [0.5, 0.6) is 0 Å². The largest absolute Gasteiger partial charge is 0.376 e. The van der Waals surface area contributed by atoms with Gasteiger partial charge < -0.3 is 10.6 Å². The third kappa shape index (κ3) is 5.14. The van der Waals surface area contributed by atoms with Crippen molar-refractivity contribution in [1.82, 2.24) is 5.32 Å². The zero-order valence-corrected chi connectivity index (χ0v) is 14.3. The molecule has 2 N–H and O–H groups in total. The average molecular weight is 425 g/mol. The summed E-state index contributed by atoms with van der Waals surface area (Å²) in [5.41, 5.74) is 0.946. The van der Waals surface area contributed by atoms with E-state index in [4.69, 9.17) is 0 Å². The molecular formula is C13H18BrIN2O. The van der Waals surface area contributed by atoms with E-state index < -0.39 is 0 Å². The molecular weight excluding hydrogens is 407 g/mol. The molecule has 0 spiro atoms. The molecule has 0 bridgehead atoms. The van der Waals surface area contributed by atoms with Crippen LogP contribution in [0.15, 0.2) is 22.7 Å². The SMILES string of the molecule is CCC(CC)NC(=O)CNc1ccc(I)c(Br)c1. The van der Waals surface area contributed by atoms with Crippen LogP contribution in [0, 0.1) is 3.57 Å². The van der Waals surface area contributed by atoms with Crippen LogP contribution in [-0.2, 0) is 4.79 Å². The second-order valence-electron chi connectivity index (χ2n) is 4.06. The van der Waals surface area contributed by atoms with Gasteiger partial charge in [0.1, 0.15) is 0 Å². The summed E-state index contributed by atoms with van der Waals surface area (Å²) in [5, 5.41) is 6.12. The highest BCUT2D eigenvalue weighted by atomic mass is 127. The number of anilines is 1. The molecule has 100 valence electrons. The first-order valence-corrected chi connectivity index (χ1v) is 7.92. The summed E-state index contributed by atoms with van der Waals surface area (Å²) in [6, 6.07) is 6.23. The standard InChI is InChI=1S/C13H18BrIN2O/c1-3-9(4-2)17-13(18)8-16-10-5-6-12(15)11(14)7-10/h5-7,9,16H,3-4,8H2,1-2H3,(H,17,18). The molecule has 0 aliphatic carbocycles. The molecule has 18 heavy (non-hydrogen) atoms. The summed E-state index contributed by atoms with van der Waals surface area (Å²) in [6.07, 6.45) is 1.94. The van der Waals surface area contributed by atoms with Crippen molar-refractivity contribution in [2.75, 3.05) is 11.9 Å². The Labute approximate surface area is 130 Å². The molecule has 0 saturated carbocycles. The van der Waals surface area contributed by atoms with E-state index in [1.807, 2.05) is 18.2 Å². The van der Waals surface area contributed by atoms with Crippen molar-refractivity contribution in [1.29, 1.82) is 0 Å². The van der Waals surface area contributed by atoms with Crippen LogP contribution in [0.2, 0.25) is 0 Å². The van der Waals surface area contributed by atoms with Crippen molar-refractivity contribution < 1.29 is 4.79 Å². The zero-order valence-electron chi connectivity index (χ0n) is 10.6. The van der Waals surface area contributed by atoms with Crippen LogP contribution < -0.4 is 10.6 Å². The fraction of sp³-hybridized carbons (Fsp3) is 0.462. The number of rotatable bonds is 6. The predicted octanol–water partition coefficient (Wildman–Crippen LogP) is 3.77. The monoisotopic (exact) mass is 424 g/mol. The fourth-order valence-electron chi connectivity index (χ4n) is 1.56. The van der Waals surface area contributed by atoms with Gasteiger partial charge in [-0.15, -0.1) is 0 Å². The van der Waals surface area contributed by atoms with Gasteiger partial charge in [-0.05, 0) is 69.6 Å². The minimum absolute atomic E-state index is 0.0402. The van der Waals surface area contributed by atoms with Crippen molar-refractivity contribution in [2.45, 2.75) is 32.7 Å². The molecule has 0 saturated heterocycles. The summed E-state index contributed by atoms with van der Waals surface area (Å²) >= 11 is 5.72. The van der Waals surface area contributed by atoms with Crippen molar-refractivity contribution in [3.63, 3.8) is 0 Å². The van der Waals surface area contributed by atoms with Crippen LogP contribution in [0.4, 0.5) is 5.69 Å². The molecule has 0 aromatic heterocycles. The van der Waals surface area contributed by atoms with Gasteiger partial charge in [0.2, 0.25) is 5.91 Å². The van der Waals surface area contributed by atoms with E-state index in [9.17, 15) is 4.79 Å². The van der Waals surface area contributed by atoms with E-state index in [1.165, 1.54) is 0 Å². The number of benzene rings is 1. The minimum Gasteiger partial charge on any atom is -0.376 e. The van der Waals surface area contributed by atoms with Crippen LogP contribution in [0.25, 0.3) is 0 Å². The lowest BCUT2D eigenvalue weighted by molar-refractivity contribution is -0.120. The third-order valence-electron chi connectivity index (χ3n) is 2.72. The molecule has 5 heteroatoms. The maximum Gasteiger partial charge on any atom is 0.239 e. The number of amides is 1. The molecule has 0 aliphatic rings. The number of halogens is 2. The molecule has 1 amide bonds. The average Bonchev–Trinajstić information content (AvgIpc) is 2.37. The molecule has 1 aromatic rings. The Morgan fingerprint density at radius 3 is 2.61 bits per heavy atom. The van der Waals surface area contributed by atoms with Crippen LogP contribution in [0.1, 0.15) is 26.7 Å². The highest BCUT2D eigenvalue weighted by Gasteiger charge is 2.08. The van der Waals surface area contributed by atoms with E-state index >= 15 is 0 Å². The van der Waals surface area contributed by atoms with Gasteiger partial charge >= 0.3 is 0 Å². The second-order valence-corrected chi connectivity index (χ2v) is 6.08. The van der Waals surface area contributed by atoms with Gasteiger partial charge in [0.15, 0.2) is 0 Å². The van der Waals surface area contributed by atoms with Gasteiger partial charge in [0, 0.05) is 19.8 Å². The smallest absolute Gasteiger partial charge is 0.239 e. The first-order valence-electron chi connectivity index (χ1n) is 6.05. The Morgan fingerprint density at radius 1 is 1.39 bits per heavy atom. The van der Waals surface area contributed by atoms with E-state index in [2.05, 4.69) is 63.0 Å². The van der Waals surface area contributed by atoms with Gasteiger partial charge in [-0.3, -0.25) is 4.79 Å². The molecule has 0 unspecified atom stereocenters. The lowest BCUT2D eigenvalue weighted by Gasteiger charge is -2.15. The summed E-state index contributed by atoms with van der Waals surface area (Å²) < 4.78 is 2.19. The summed E-state index contributed by atoms with van der Waals surface area (Å²) in [6.45, 7) is 4.47. The highest BCUT2D eigenvalue weighted by Crippen LogP contribution is 2.22. The zero-order chi connectivity index (χ0) is 13.5. The molecule has 0 radical (unpaired) electrons. The summed E-state index contributed by atoms with van der Waals surface area (Å²) in [5.74, 6) is 0.0402. The first kappa shape index (κ1) is 15.8. The van der Waals surface area contributed by atoms with Gasteiger partial charge in [-0.2, -0.15) is 0 Å². The van der Waals surface area contributed by atoms with Crippen molar-refractivity contribution >= 4 is 50.1 Å². The predicted molar refractivity (Wildman–Crippen MR) is 87.9 cm³/mol. The number of carbonyl (C=O) groups is 1. The fourth-order valence-corrected chi connectivity index (χ4v) is 2.27. The van der Waals surface area contributed by atoms with Gasteiger partial charge in [-0.1, -0.05) is 13.8 Å². The van der Waals surface area contributed by atoms with Gasteiger partial charge in [0.25, 0.3) is 0 Å². The Balaban J connectivity index is 2.44. The maximum absolute atomic E-state index is 11.7. The Morgan fingerprint density at radius 2 is 2.06 bits per heavy atom. The molecule has 0 atom stereocenters. The second kappa shape index (κ2) is 7.99. The maximum atomic E-state index is 11.7. The molecule has 1 rings (SSSR count). The van der Waals surface area contributed by atoms with E-state index in [-0.39, 0.29) is 11.9 Å². The molecule has 0 heterocycles. The van der Waals surface area contributed by atoms with E-state index in [0.29, 0.717) is 6.54 Å². The summed E-state index contributed by atoms with van der Waals surface area (Å²) in [7, 11) is 0. The number of hydrogen-bond acceptors (Lipinski definition) is 2. The Hall–Kier alpha value is -0.300. The normalized spacial score (nSPS) is 10.5. The lowest BCUT2D eigenvalue weighted by atomic mass is 10.2. The Kier molecular flexibility index (Phi) is 6.99. The summed E-state index contributed by atoms with van der Waals surface area (Å²) in [4.78, 5) is 11.7.